The van der Waals surface area contributed by atoms with Gasteiger partial charge >= 0.3 is 0 Å². The molecular weight excluding hydrogens is 280 g/mol. The summed E-state index contributed by atoms with van der Waals surface area (Å²) in [5.74, 6) is 0.928. The smallest absolute Gasteiger partial charge is 0.214 e. The topological polar surface area (TPSA) is 46.5 Å². The minimum absolute atomic E-state index is 0.229. The molecule has 0 heterocycles. The molecule has 1 aliphatic carbocycles. The van der Waals surface area contributed by atoms with Crippen molar-refractivity contribution in [1.82, 2.24) is 0 Å². The molecular formula is C17H34O3Si. The van der Waals surface area contributed by atoms with Crippen LogP contribution >= 0.6 is 0 Å². The maximum atomic E-state index is 11.9. The number of aliphatic hydroxyl groups is 1. The zero-order valence-electron chi connectivity index (χ0n) is 14.0. The fourth-order valence-corrected chi connectivity index (χ4v) is 4.69. The van der Waals surface area contributed by atoms with Crippen molar-refractivity contribution in [3.05, 3.63) is 0 Å². The molecule has 4 heteroatoms. The van der Waals surface area contributed by atoms with Crippen LogP contribution in [0.15, 0.2) is 0 Å². The van der Waals surface area contributed by atoms with Crippen LogP contribution < -0.4 is 0 Å². The number of Topliss-reactive ketones (excluding diaryl/α,β-unsaturated/α-hetero) is 1. The molecule has 1 aliphatic rings. The fraction of sp³-hybridized carbons (Fsp3) is 0.941. The SMILES string of the molecule is CO[Si](C)(CO)CCCCCCCCC(=O)C1CCCC1. The summed E-state index contributed by atoms with van der Waals surface area (Å²) < 4.78 is 5.46. The molecule has 1 N–H and O–H groups in total. The van der Waals surface area contributed by atoms with Gasteiger partial charge in [0.15, 0.2) is 0 Å². The van der Waals surface area contributed by atoms with Gasteiger partial charge in [0.25, 0.3) is 0 Å². The lowest BCUT2D eigenvalue weighted by Gasteiger charge is -2.22. The summed E-state index contributed by atoms with van der Waals surface area (Å²) in [6, 6.07) is 1.06. The third-order valence-corrected chi connectivity index (χ3v) is 8.08. The second kappa shape index (κ2) is 10.5. The van der Waals surface area contributed by atoms with Gasteiger partial charge in [0.2, 0.25) is 8.32 Å². The number of carbonyl (C=O) groups is 1. The zero-order valence-corrected chi connectivity index (χ0v) is 15.0. The number of aliphatic hydroxyl groups excluding tert-OH is 1. The van der Waals surface area contributed by atoms with Gasteiger partial charge in [0, 0.05) is 19.4 Å². The van der Waals surface area contributed by atoms with E-state index >= 15 is 0 Å². The fourth-order valence-electron chi connectivity index (χ4n) is 3.20. The van der Waals surface area contributed by atoms with Crippen LogP contribution in [0, 0.1) is 5.92 Å². The molecule has 0 spiro atoms. The Morgan fingerprint density at radius 1 is 1.10 bits per heavy atom. The van der Waals surface area contributed by atoms with Crippen molar-refractivity contribution in [3.63, 3.8) is 0 Å². The van der Waals surface area contributed by atoms with Crippen LogP contribution in [0.3, 0.4) is 0 Å². The Morgan fingerprint density at radius 2 is 1.67 bits per heavy atom. The molecule has 1 unspecified atom stereocenters. The summed E-state index contributed by atoms with van der Waals surface area (Å²) in [7, 11) is -0.0659. The number of ketones is 1. The first-order valence-electron chi connectivity index (χ1n) is 8.80. The molecule has 21 heavy (non-hydrogen) atoms. The lowest BCUT2D eigenvalue weighted by Crippen LogP contribution is -2.37. The Kier molecular flexibility index (Phi) is 9.44. The Balaban J connectivity index is 1.91. The number of hydrogen-bond acceptors (Lipinski definition) is 3. The molecule has 0 radical (unpaired) electrons. The van der Waals surface area contributed by atoms with Gasteiger partial charge in [-0.3, -0.25) is 4.79 Å². The standard InChI is InChI=1S/C17H34O3Si/c1-20-21(2,15-18)14-10-6-4-3-5-7-13-17(19)16-11-8-9-12-16/h16,18H,3-15H2,1-2H3. The largest absolute Gasteiger partial charge is 0.418 e. The van der Waals surface area contributed by atoms with Crippen LogP contribution in [0.5, 0.6) is 0 Å². The van der Waals surface area contributed by atoms with E-state index < -0.39 is 8.32 Å². The summed E-state index contributed by atoms with van der Waals surface area (Å²) >= 11 is 0. The molecule has 1 rings (SSSR count). The second-order valence-corrected chi connectivity index (χ2v) is 11.0. The maximum absolute atomic E-state index is 11.9. The maximum Gasteiger partial charge on any atom is 0.214 e. The average Bonchev–Trinajstić information content (AvgIpc) is 3.03. The minimum atomic E-state index is -1.79. The Morgan fingerprint density at radius 3 is 2.24 bits per heavy atom. The van der Waals surface area contributed by atoms with Crippen molar-refractivity contribution in [3.8, 4) is 0 Å². The van der Waals surface area contributed by atoms with E-state index in [2.05, 4.69) is 6.55 Å². The van der Waals surface area contributed by atoms with Gasteiger partial charge in [-0.15, -0.1) is 0 Å². The Bertz CT molecular complexity index is 284. The monoisotopic (exact) mass is 314 g/mol. The first-order chi connectivity index (χ1) is 10.1. The molecule has 3 nitrogen and oxygen atoms in total. The van der Waals surface area contributed by atoms with Gasteiger partial charge in [0.05, 0.1) is 6.23 Å². The molecule has 1 saturated carbocycles. The third kappa shape index (κ3) is 7.57. The zero-order chi connectivity index (χ0) is 15.6. The summed E-state index contributed by atoms with van der Waals surface area (Å²) in [6.07, 6.45) is 13.0. The van der Waals surface area contributed by atoms with Crippen molar-refractivity contribution in [2.45, 2.75) is 83.2 Å². The highest BCUT2D eigenvalue weighted by molar-refractivity contribution is 6.72. The first-order valence-corrected chi connectivity index (χ1v) is 11.6. The molecule has 1 fully saturated rings. The molecule has 1 atom stereocenters. The predicted molar refractivity (Wildman–Crippen MR) is 89.8 cm³/mol. The van der Waals surface area contributed by atoms with E-state index in [1.165, 1.54) is 38.5 Å². The number of carbonyl (C=O) groups excluding carboxylic acids is 1. The van der Waals surface area contributed by atoms with E-state index in [0.717, 1.165) is 38.1 Å². The lowest BCUT2D eigenvalue weighted by atomic mass is 9.97. The summed E-state index contributed by atoms with van der Waals surface area (Å²) in [5.41, 5.74) is 0. The Labute approximate surface area is 131 Å². The predicted octanol–water partition coefficient (Wildman–Crippen LogP) is 4.23. The summed E-state index contributed by atoms with van der Waals surface area (Å²) in [5, 5.41) is 9.30. The average molecular weight is 315 g/mol. The van der Waals surface area contributed by atoms with E-state index in [4.69, 9.17) is 4.43 Å². The summed E-state index contributed by atoms with van der Waals surface area (Å²) in [6.45, 7) is 2.10. The van der Waals surface area contributed by atoms with Gasteiger partial charge in [-0.25, -0.2) is 0 Å². The molecule has 0 bridgehead atoms. The highest BCUT2D eigenvalue weighted by Gasteiger charge is 2.25. The van der Waals surface area contributed by atoms with Crippen molar-refractivity contribution in [1.29, 1.82) is 0 Å². The third-order valence-electron chi connectivity index (χ3n) is 5.02. The molecule has 0 amide bonds. The van der Waals surface area contributed by atoms with E-state index in [1.54, 1.807) is 7.11 Å². The molecule has 0 aromatic heterocycles. The number of rotatable bonds is 12. The van der Waals surface area contributed by atoms with E-state index in [9.17, 15) is 9.90 Å². The minimum Gasteiger partial charge on any atom is -0.418 e. The van der Waals surface area contributed by atoms with Crippen molar-refractivity contribution < 1.29 is 14.3 Å². The van der Waals surface area contributed by atoms with Crippen molar-refractivity contribution >= 4 is 14.1 Å². The van der Waals surface area contributed by atoms with Gasteiger partial charge in [-0.2, -0.15) is 0 Å². The lowest BCUT2D eigenvalue weighted by molar-refractivity contribution is -0.122. The van der Waals surface area contributed by atoms with E-state index in [-0.39, 0.29) is 6.23 Å². The molecule has 0 saturated heterocycles. The number of hydrogen-bond donors (Lipinski definition) is 1. The van der Waals surface area contributed by atoms with Gasteiger partial charge in [-0.1, -0.05) is 44.9 Å². The molecule has 0 aliphatic heterocycles. The van der Waals surface area contributed by atoms with Crippen molar-refractivity contribution in [2.24, 2.45) is 5.92 Å². The van der Waals surface area contributed by atoms with Crippen LogP contribution in [0.25, 0.3) is 0 Å². The molecule has 124 valence electrons. The van der Waals surface area contributed by atoms with Crippen molar-refractivity contribution in [2.75, 3.05) is 13.3 Å². The quantitative estimate of drug-likeness (QED) is 0.433. The molecule has 0 aromatic carbocycles. The highest BCUT2D eigenvalue weighted by atomic mass is 28.4. The number of unbranched alkanes of at least 4 members (excludes halogenated alkanes) is 5. The Hall–Kier alpha value is -0.193. The van der Waals surface area contributed by atoms with Crippen LogP contribution in [0.4, 0.5) is 0 Å². The van der Waals surface area contributed by atoms with Crippen LogP contribution in [-0.2, 0) is 9.22 Å². The summed E-state index contributed by atoms with van der Waals surface area (Å²) in [4.78, 5) is 11.9. The van der Waals surface area contributed by atoms with E-state index in [0.29, 0.717) is 11.7 Å². The van der Waals surface area contributed by atoms with Gasteiger partial charge < -0.3 is 9.53 Å². The second-order valence-electron chi connectivity index (χ2n) is 6.88. The molecule has 0 aromatic rings. The van der Waals surface area contributed by atoms with Crippen LogP contribution in [-0.4, -0.2) is 32.5 Å². The van der Waals surface area contributed by atoms with Crippen LogP contribution in [0.1, 0.15) is 70.6 Å². The first kappa shape index (κ1) is 18.9. The van der Waals surface area contributed by atoms with Gasteiger partial charge in [-0.05, 0) is 31.9 Å². The highest BCUT2D eigenvalue weighted by Crippen LogP contribution is 2.27. The van der Waals surface area contributed by atoms with E-state index in [1.807, 2.05) is 0 Å². The normalized spacial score (nSPS) is 18.8. The van der Waals surface area contributed by atoms with Crippen LogP contribution in [0.2, 0.25) is 12.6 Å². The van der Waals surface area contributed by atoms with Gasteiger partial charge in [0.1, 0.15) is 5.78 Å².